The number of amides is 1. The van der Waals surface area contributed by atoms with Gasteiger partial charge in [0.25, 0.3) is 5.91 Å². The predicted molar refractivity (Wildman–Crippen MR) is 140 cm³/mol. The van der Waals surface area contributed by atoms with Crippen molar-refractivity contribution < 1.29 is 23.7 Å². The molecule has 1 amide bonds. The fraction of sp³-hybridized carbons (Fsp3) is 0.280. The third kappa shape index (κ3) is 7.14. The third-order valence-corrected chi connectivity index (χ3v) is 5.10. The Morgan fingerprint density at radius 3 is 2.03 bits per heavy atom. The van der Waals surface area contributed by atoms with Gasteiger partial charge >= 0.3 is 0 Å². The van der Waals surface area contributed by atoms with Gasteiger partial charge in [-0.15, -0.1) is 24.8 Å². The largest absolute Gasteiger partial charge is 0.492 e. The molecule has 2 aromatic carbocycles. The maximum Gasteiger partial charge on any atom is 0.257 e. The van der Waals surface area contributed by atoms with Gasteiger partial charge in [-0.3, -0.25) is 9.78 Å². The highest BCUT2D eigenvalue weighted by Crippen LogP contribution is 2.48. The summed E-state index contributed by atoms with van der Waals surface area (Å²) in [5.41, 5.74) is 7.98. The average Bonchev–Trinajstić information content (AvgIpc) is 2.84. The van der Waals surface area contributed by atoms with E-state index >= 15 is 0 Å². The highest BCUT2D eigenvalue weighted by Gasteiger charge is 2.27. The number of ether oxygens (including phenoxy) is 4. The van der Waals surface area contributed by atoms with Crippen molar-refractivity contribution in [1.29, 1.82) is 0 Å². The van der Waals surface area contributed by atoms with Crippen molar-refractivity contribution in [3.63, 3.8) is 0 Å². The Bertz CT molecular complexity index is 1080. The number of hydrogen-bond donors (Lipinski definition) is 1. The first-order valence-corrected chi connectivity index (χ1v) is 10.5. The van der Waals surface area contributed by atoms with Crippen LogP contribution in [-0.4, -0.2) is 50.7 Å². The van der Waals surface area contributed by atoms with Gasteiger partial charge in [-0.2, -0.15) is 0 Å². The molecule has 0 bridgehead atoms. The van der Waals surface area contributed by atoms with Crippen LogP contribution in [0.5, 0.6) is 28.7 Å². The lowest BCUT2D eigenvalue weighted by Gasteiger charge is -2.22. The van der Waals surface area contributed by atoms with Crippen LogP contribution in [-0.2, 0) is 13.0 Å². The number of benzene rings is 2. The Kier molecular flexibility index (Phi) is 12.2. The molecule has 2 N–H and O–H groups in total. The molecular formula is C25H31Cl2N3O5. The minimum atomic E-state index is -0.257. The quantitative estimate of drug-likeness (QED) is 0.417. The van der Waals surface area contributed by atoms with E-state index in [-0.39, 0.29) is 42.2 Å². The van der Waals surface area contributed by atoms with Crippen molar-refractivity contribution in [2.24, 2.45) is 5.73 Å². The van der Waals surface area contributed by atoms with Crippen LogP contribution in [0.4, 0.5) is 0 Å². The minimum Gasteiger partial charge on any atom is -0.492 e. The number of carbonyl (C=O) groups excluding carboxylic acids is 1. The molecule has 0 aliphatic rings. The van der Waals surface area contributed by atoms with E-state index in [0.29, 0.717) is 35.9 Å². The Morgan fingerprint density at radius 2 is 1.49 bits per heavy atom. The first kappa shape index (κ1) is 29.8. The van der Waals surface area contributed by atoms with Crippen molar-refractivity contribution in [3.05, 3.63) is 71.5 Å². The SMILES string of the molecule is COc1c(Oc2ccc(CCN)cc2)cc(C(=O)N(C)Cc2ccncc2)c(OC)c1OC.Cl.Cl. The molecule has 0 radical (unpaired) electrons. The molecule has 0 atom stereocenters. The monoisotopic (exact) mass is 523 g/mol. The molecule has 0 aliphatic heterocycles. The molecule has 0 saturated heterocycles. The van der Waals surface area contributed by atoms with Crippen LogP contribution in [0.25, 0.3) is 0 Å². The molecule has 0 aliphatic carbocycles. The lowest BCUT2D eigenvalue weighted by molar-refractivity contribution is 0.0780. The molecule has 10 heteroatoms. The van der Waals surface area contributed by atoms with Gasteiger partial charge in [-0.1, -0.05) is 12.1 Å². The van der Waals surface area contributed by atoms with Gasteiger partial charge < -0.3 is 29.6 Å². The fourth-order valence-electron chi connectivity index (χ4n) is 3.47. The molecule has 3 aromatic rings. The van der Waals surface area contributed by atoms with Crippen LogP contribution >= 0.6 is 24.8 Å². The second kappa shape index (κ2) is 14.3. The first-order chi connectivity index (χ1) is 16.0. The second-order valence-electron chi connectivity index (χ2n) is 7.32. The molecule has 35 heavy (non-hydrogen) atoms. The lowest BCUT2D eigenvalue weighted by Crippen LogP contribution is -2.26. The van der Waals surface area contributed by atoms with Crippen molar-refractivity contribution in [3.8, 4) is 28.7 Å². The molecule has 190 valence electrons. The molecule has 0 fully saturated rings. The molecule has 1 aromatic heterocycles. The molecular weight excluding hydrogens is 493 g/mol. The summed E-state index contributed by atoms with van der Waals surface area (Å²) >= 11 is 0. The number of halogens is 2. The van der Waals surface area contributed by atoms with E-state index < -0.39 is 0 Å². The van der Waals surface area contributed by atoms with Crippen LogP contribution in [0.3, 0.4) is 0 Å². The average molecular weight is 524 g/mol. The lowest BCUT2D eigenvalue weighted by atomic mass is 10.1. The van der Waals surface area contributed by atoms with Crippen LogP contribution in [0, 0.1) is 0 Å². The second-order valence-corrected chi connectivity index (χ2v) is 7.32. The Labute approximate surface area is 218 Å². The van der Waals surface area contributed by atoms with E-state index in [1.54, 1.807) is 30.4 Å². The van der Waals surface area contributed by atoms with E-state index in [0.717, 1.165) is 17.5 Å². The highest BCUT2D eigenvalue weighted by atomic mass is 35.5. The van der Waals surface area contributed by atoms with Crippen LogP contribution in [0.15, 0.2) is 54.9 Å². The number of carbonyl (C=O) groups is 1. The zero-order valence-electron chi connectivity index (χ0n) is 20.1. The van der Waals surface area contributed by atoms with Crippen molar-refractivity contribution >= 4 is 30.7 Å². The third-order valence-electron chi connectivity index (χ3n) is 5.10. The van der Waals surface area contributed by atoms with Gasteiger partial charge in [0.05, 0.1) is 26.9 Å². The first-order valence-electron chi connectivity index (χ1n) is 10.5. The topological polar surface area (TPSA) is 96.1 Å². The number of pyridine rings is 1. The molecule has 0 saturated carbocycles. The number of nitrogens with zero attached hydrogens (tertiary/aromatic N) is 2. The smallest absolute Gasteiger partial charge is 0.257 e. The highest BCUT2D eigenvalue weighted by molar-refractivity contribution is 5.99. The van der Waals surface area contributed by atoms with Gasteiger partial charge in [0.1, 0.15) is 5.75 Å². The number of methoxy groups -OCH3 is 3. The predicted octanol–water partition coefficient (Wildman–Crippen LogP) is 4.52. The zero-order valence-corrected chi connectivity index (χ0v) is 21.8. The summed E-state index contributed by atoms with van der Waals surface area (Å²) in [6.07, 6.45) is 4.16. The molecule has 0 unspecified atom stereocenters. The molecule has 0 spiro atoms. The van der Waals surface area contributed by atoms with E-state index in [9.17, 15) is 4.79 Å². The number of hydrogen-bond acceptors (Lipinski definition) is 7. The summed E-state index contributed by atoms with van der Waals surface area (Å²) in [6.45, 7) is 0.972. The minimum absolute atomic E-state index is 0. The van der Waals surface area contributed by atoms with E-state index in [4.69, 9.17) is 24.7 Å². The maximum atomic E-state index is 13.4. The normalized spacial score (nSPS) is 9.86. The molecule has 3 rings (SSSR count). The summed E-state index contributed by atoms with van der Waals surface area (Å²) < 4.78 is 22.8. The summed E-state index contributed by atoms with van der Waals surface area (Å²) in [4.78, 5) is 19.0. The van der Waals surface area contributed by atoms with Crippen LogP contribution in [0.1, 0.15) is 21.5 Å². The standard InChI is InChI=1S/C25H29N3O5.2ClH/c1-28(16-18-10-13-27-14-11-18)25(29)20-15-21(23(31-3)24(32-4)22(20)30-2)33-19-7-5-17(6-8-19)9-12-26;;/h5-8,10-11,13-15H,9,12,16,26H2,1-4H3;2*1H. The summed E-state index contributed by atoms with van der Waals surface area (Å²) in [5.74, 6) is 1.54. The van der Waals surface area contributed by atoms with Crippen molar-refractivity contribution in [2.75, 3.05) is 34.9 Å². The number of rotatable bonds is 10. The summed E-state index contributed by atoms with van der Waals surface area (Å²) in [6, 6.07) is 12.9. The van der Waals surface area contributed by atoms with E-state index in [1.807, 2.05) is 36.4 Å². The van der Waals surface area contributed by atoms with Crippen molar-refractivity contribution in [2.45, 2.75) is 13.0 Å². The van der Waals surface area contributed by atoms with E-state index in [1.165, 1.54) is 21.3 Å². The van der Waals surface area contributed by atoms with Gasteiger partial charge in [0.2, 0.25) is 11.5 Å². The van der Waals surface area contributed by atoms with Crippen LogP contribution < -0.4 is 24.7 Å². The van der Waals surface area contributed by atoms with Crippen LogP contribution in [0.2, 0.25) is 0 Å². The van der Waals surface area contributed by atoms with Gasteiger partial charge in [-0.05, 0) is 48.4 Å². The zero-order chi connectivity index (χ0) is 23.8. The Morgan fingerprint density at radius 1 is 0.886 bits per heavy atom. The fourth-order valence-corrected chi connectivity index (χ4v) is 3.47. The Balaban J connectivity index is 0.00000306. The van der Waals surface area contributed by atoms with Crippen molar-refractivity contribution in [1.82, 2.24) is 9.88 Å². The van der Waals surface area contributed by atoms with Gasteiger partial charge in [0, 0.05) is 32.1 Å². The maximum absolute atomic E-state index is 13.4. The van der Waals surface area contributed by atoms with Gasteiger partial charge in [-0.25, -0.2) is 0 Å². The van der Waals surface area contributed by atoms with E-state index in [2.05, 4.69) is 4.98 Å². The van der Waals surface area contributed by atoms with Gasteiger partial charge in [0.15, 0.2) is 11.5 Å². The molecule has 8 nitrogen and oxygen atoms in total. The molecule has 1 heterocycles. The number of nitrogens with two attached hydrogens (primary N) is 1. The Hall–Kier alpha value is -3.20. The summed E-state index contributed by atoms with van der Waals surface area (Å²) in [5, 5.41) is 0. The number of aromatic nitrogens is 1. The summed E-state index contributed by atoms with van der Waals surface area (Å²) in [7, 11) is 6.19.